The molecular weight excluding hydrogens is 396 g/mol. The van der Waals surface area contributed by atoms with Crippen LogP contribution in [-0.4, -0.2) is 25.7 Å². The van der Waals surface area contributed by atoms with Gasteiger partial charge in [-0.05, 0) is 54.7 Å². The third-order valence-electron chi connectivity index (χ3n) is 8.09. The molecule has 1 aliphatic heterocycles. The van der Waals surface area contributed by atoms with Crippen molar-refractivity contribution in [2.24, 2.45) is 11.3 Å². The largest absolute Gasteiger partial charge is 0.493 e. The van der Waals surface area contributed by atoms with E-state index in [1.165, 1.54) is 53.4 Å². The van der Waals surface area contributed by atoms with Gasteiger partial charge in [0.25, 0.3) is 0 Å². The molecule has 0 bridgehead atoms. The van der Waals surface area contributed by atoms with Gasteiger partial charge in [-0.2, -0.15) is 0 Å². The summed E-state index contributed by atoms with van der Waals surface area (Å²) in [5.41, 5.74) is 5.62. The molecule has 4 heteroatoms. The van der Waals surface area contributed by atoms with Crippen molar-refractivity contribution in [3.8, 4) is 11.5 Å². The van der Waals surface area contributed by atoms with E-state index in [-0.39, 0.29) is 11.5 Å². The molecule has 5 rings (SSSR count). The lowest BCUT2D eigenvalue weighted by Gasteiger charge is -2.48. The molecule has 1 aliphatic carbocycles. The smallest absolute Gasteiger partial charge is 0.164 e. The van der Waals surface area contributed by atoms with Crippen molar-refractivity contribution in [2.75, 3.05) is 20.8 Å². The van der Waals surface area contributed by atoms with Gasteiger partial charge in [-0.3, -0.25) is 0 Å². The van der Waals surface area contributed by atoms with Crippen LogP contribution in [0.4, 0.5) is 0 Å². The second kappa shape index (κ2) is 7.84. The Balaban J connectivity index is 1.63. The van der Waals surface area contributed by atoms with E-state index in [0.717, 1.165) is 24.0 Å². The van der Waals surface area contributed by atoms with Crippen molar-refractivity contribution in [1.82, 2.24) is 10.3 Å². The molecule has 3 aromatic rings. The van der Waals surface area contributed by atoms with Gasteiger partial charge in [0.05, 0.1) is 19.8 Å². The van der Waals surface area contributed by atoms with Gasteiger partial charge >= 0.3 is 0 Å². The standard InChI is InChI=1S/C28H36N2O2/c1-27(2,3)18-13-15-28(16-14-18)26-24(20-9-6-7-11-22(20)30-26)21(17-29-28)19-10-8-12-23(31-4)25(19)32-5/h6-12,18,21,29-30H,13-17H2,1-5H3/t18?,21-,28?/m1/s1. The molecule has 1 spiro atoms. The van der Waals surface area contributed by atoms with Crippen molar-refractivity contribution in [2.45, 2.75) is 57.9 Å². The number of benzene rings is 2. The van der Waals surface area contributed by atoms with Crippen molar-refractivity contribution >= 4 is 10.9 Å². The van der Waals surface area contributed by atoms with Gasteiger partial charge in [0, 0.05) is 34.6 Å². The predicted octanol–water partition coefficient (Wildman–Crippen LogP) is 6.35. The first-order chi connectivity index (χ1) is 15.4. The second-order valence-electron chi connectivity index (χ2n) is 10.7. The van der Waals surface area contributed by atoms with E-state index in [1.807, 2.05) is 6.07 Å². The highest BCUT2D eigenvalue weighted by Crippen LogP contribution is 2.52. The molecule has 0 radical (unpaired) electrons. The monoisotopic (exact) mass is 432 g/mol. The van der Waals surface area contributed by atoms with Gasteiger partial charge in [0.15, 0.2) is 11.5 Å². The lowest BCUT2D eigenvalue weighted by molar-refractivity contribution is 0.105. The molecule has 4 nitrogen and oxygen atoms in total. The van der Waals surface area contributed by atoms with Crippen LogP contribution in [0.25, 0.3) is 10.9 Å². The number of hydrogen-bond acceptors (Lipinski definition) is 3. The Morgan fingerprint density at radius 3 is 2.38 bits per heavy atom. The summed E-state index contributed by atoms with van der Waals surface area (Å²) in [5, 5.41) is 5.36. The molecule has 2 N–H and O–H groups in total. The number of nitrogens with one attached hydrogen (secondary N) is 2. The van der Waals surface area contributed by atoms with Gasteiger partial charge in [-0.25, -0.2) is 0 Å². The van der Waals surface area contributed by atoms with Crippen LogP contribution in [0, 0.1) is 11.3 Å². The van der Waals surface area contributed by atoms with Gasteiger partial charge in [0.1, 0.15) is 0 Å². The number of rotatable bonds is 3. The summed E-state index contributed by atoms with van der Waals surface area (Å²) in [6, 6.07) is 15.0. The summed E-state index contributed by atoms with van der Waals surface area (Å²) >= 11 is 0. The van der Waals surface area contributed by atoms with Crippen molar-refractivity contribution < 1.29 is 9.47 Å². The highest BCUT2D eigenvalue weighted by atomic mass is 16.5. The van der Waals surface area contributed by atoms with Crippen molar-refractivity contribution in [3.05, 3.63) is 59.3 Å². The first-order valence-corrected chi connectivity index (χ1v) is 11.9. The number of ether oxygens (including phenoxy) is 2. The van der Waals surface area contributed by atoms with E-state index in [0.29, 0.717) is 5.41 Å². The Morgan fingerprint density at radius 2 is 1.69 bits per heavy atom. The molecule has 0 amide bonds. The molecule has 1 saturated carbocycles. The predicted molar refractivity (Wildman–Crippen MR) is 131 cm³/mol. The van der Waals surface area contributed by atoms with Gasteiger partial charge in [-0.15, -0.1) is 0 Å². The Labute approximate surface area is 191 Å². The quantitative estimate of drug-likeness (QED) is 0.507. The van der Waals surface area contributed by atoms with Crippen LogP contribution in [0.2, 0.25) is 0 Å². The van der Waals surface area contributed by atoms with E-state index >= 15 is 0 Å². The van der Waals surface area contributed by atoms with Gasteiger partial charge in [0.2, 0.25) is 0 Å². The Morgan fingerprint density at radius 1 is 0.938 bits per heavy atom. The molecular formula is C28H36N2O2. The molecule has 32 heavy (non-hydrogen) atoms. The Kier molecular flexibility index (Phi) is 5.24. The summed E-state index contributed by atoms with van der Waals surface area (Å²) in [6.45, 7) is 8.08. The maximum absolute atomic E-state index is 5.85. The highest BCUT2D eigenvalue weighted by Gasteiger charge is 2.46. The molecule has 2 heterocycles. The molecule has 2 aliphatic rings. The highest BCUT2D eigenvalue weighted by molar-refractivity contribution is 5.87. The van der Waals surface area contributed by atoms with Gasteiger partial charge in [-0.1, -0.05) is 51.1 Å². The maximum atomic E-state index is 5.85. The van der Waals surface area contributed by atoms with E-state index < -0.39 is 0 Å². The summed E-state index contributed by atoms with van der Waals surface area (Å²) in [4.78, 5) is 3.86. The molecule has 1 aromatic heterocycles. The molecule has 170 valence electrons. The average Bonchev–Trinajstić information content (AvgIpc) is 3.20. The zero-order chi connectivity index (χ0) is 22.5. The fraction of sp³-hybridized carbons (Fsp3) is 0.500. The fourth-order valence-electron chi connectivity index (χ4n) is 6.25. The van der Waals surface area contributed by atoms with Crippen LogP contribution in [0.3, 0.4) is 0 Å². The van der Waals surface area contributed by atoms with Crippen molar-refractivity contribution in [1.29, 1.82) is 0 Å². The third kappa shape index (κ3) is 3.31. The maximum Gasteiger partial charge on any atom is 0.164 e. The van der Waals surface area contributed by atoms with E-state index in [1.54, 1.807) is 14.2 Å². The SMILES string of the molecule is COc1cccc([C@H]2CNC3(CCC(C(C)(C)C)CC3)c3[nH]c4ccccc4c32)c1OC. The number of aromatic nitrogens is 1. The molecule has 0 unspecified atom stereocenters. The lowest BCUT2D eigenvalue weighted by Crippen LogP contribution is -2.51. The minimum atomic E-state index is 0.0265. The van der Waals surface area contributed by atoms with Gasteiger partial charge < -0.3 is 19.8 Å². The molecule has 2 aromatic carbocycles. The zero-order valence-electron chi connectivity index (χ0n) is 20.0. The van der Waals surface area contributed by atoms with Crippen LogP contribution in [-0.2, 0) is 5.54 Å². The van der Waals surface area contributed by atoms with E-state index in [9.17, 15) is 0 Å². The number of H-pyrrole nitrogens is 1. The Hall–Kier alpha value is -2.46. The summed E-state index contributed by atoms with van der Waals surface area (Å²) < 4.78 is 11.5. The van der Waals surface area contributed by atoms with Crippen LogP contribution in [0.5, 0.6) is 11.5 Å². The first-order valence-electron chi connectivity index (χ1n) is 11.9. The number of hydrogen-bond donors (Lipinski definition) is 2. The summed E-state index contributed by atoms with van der Waals surface area (Å²) in [6.07, 6.45) is 4.88. The summed E-state index contributed by atoms with van der Waals surface area (Å²) in [7, 11) is 3.45. The lowest BCUT2D eigenvalue weighted by atomic mass is 9.64. The first kappa shape index (κ1) is 21.4. The van der Waals surface area contributed by atoms with Crippen LogP contribution >= 0.6 is 0 Å². The van der Waals surface area contributed by atoms with Crippen LogP contribution in [0.15, 0.2) is 42.5 Å². The second-order valence-corrected chi connectivity index (χ2v) is 10.7. The Bertz CT molecular complexity index is 1120. The van der Waals surface area contributed by atoms with Crippen molar-refractivity contribution in [3.63, 3.8) is 0 Å². The molecule has 1 atom stereocenters. The number of fused-ring (bicyclic) bond motifs is 4. The summed E-state index contributed by atoms with van der Waals surface area (Å²) in [5.74, 6) is 2.61. The number of aromatic amines is 1. The fourth-order valence-corrected chi connectivity index (χ4v) is 6.25. The minimum absolute atomic E-state index is 0.0265. The number of para-hydroxylation sites is 2. The third-order valence-corrected chi connectivity index (χ3v) is 8.09. The van der Waals surface area contributed by atoms with E-state index in [2.05, 4.69) is 67.5 Å². The molecule has 1 fully saturated rings. The normalized spacial score (nSPS) is 25.7. The topological polar surface area (TPSA) is 46.3 Å². The van der Waals surface area contributed by atoms with E-state index in [4.69, 9.17) is 9.47 Å². The van der Waals surface area contributed by atoms with Crippen LogP contribution < -0.4 is 14.8 Å². The minimum Gasteiger partial charge on any atom is -0.493 e. The zero-order valence-corrected chi connectivity index (χ0v) is 20.0. The van der Waals surface area contributed by atoms with Crippen LogP contribution in [0.1, 0.15) is 69.2 Å². The molecule has 0 saturated heterocycles. The average molecular weight is 433 g/mol. The number of methoxy groups -OCH3 is 2.